The molecule has 40 heavy (non-hydrogen) atoms. The number of nitrogens with zero attached hydrogens (tertiary/aromatic N) is 2. The molecule has 0 aliphatic carbocycles. The van der Waals surface area contributed by atoms with Gasteiger partial charge in [0.05, 0.1) is 10.9 Å². The van der Waals surface area contributed by atoms with Crippen molar-refractivity contribution in [3.63, 3.8) is 0 Å². The Bertz CT molecular complexity index is 1490. The van der Waals surface area contributed by atoms with Gasteiger partial charge < -0.3 is 0 Å². The molecule has 3 aromatic carbocycles. The van der Waals surface area contributed by atoms with Crippen LogP contribution >= 0.6 is 11.6 Å². The van der Waals surface area contributed by atoms with Crippen LogP contribution < -0.4 is 0 Å². The van der Waals surface area contributed by atoms with E-state index in [9.17, 15) is 17.2 Å². The summed E-state index contributed by atoms with van der Waals surface area (Å²) in [5, 5.41) is 0.638. The number of halogens is 3. The van der Waals surface area contributed by atoms with E-state index in [1.54, 1.807) is 0 Å². The topological polar surface area (TPSA) is 40.6 Å². The molecule has 5 rings (SSSR count). The molecule has 3 aromatic rings. The number of rotatable bonds is 7. The van der Waals surface area contributed by atoms with Crippen LogP contribution in [0.5, 0.6) is 0 Å². The summed E-state index contributed by atoms with van der Waals surface area (Å²) >= 11 is 6.18. The van der Waals surface area contributed by atoms with E-state index >= 15 is 0 Å². The molecule has 8 heteroatoms. The van der Waals surface area contributed by atoms with Gasteiger partial charge in [-0.1, -0.05) is 61.8 Å². The molecule has 0 unspecified atom stereocenters. The zero-order valence-electron chi connectivity index (χ0n) is 23.1. The first-order valence-electron chi connectivity index (χ1n) is 13.6. The highest BCUT2D eigenvalue weighted by Crippen LogP contribution is 2.39. The molecule has 2 aliphatic heterocycles. The number of likely N-dealkylation sites (tertiary alicyclic amines) is 2. The predicted octanol–water partition coefficient (Wildman–Crippen LogP) is 7.10. The molecule has 212 valence electrons. The highest BCUT2D eigenvalue weighted by Gasteiger charge is 2.35. The molecule has 1 atom stereocenters. The second kappa shape index (κ2) is 11.4. The number of sulfone groups is 1. The average molecular weight is 585 g/mol. The van der Waals surface area contributed by atoms with Crippen LogP contribution in [0.2, 0.25) is 5.02 Å². The van der Waals surface area contributed by atoms with Gasteiger partial charge in [0, 0.05) is 43.5 Å². The van der Waals surface area contributed by atoms with E-state index in [0.29, 0.717) is 29.1 Å². The molecule has 0 amide bonds. The maximum atomic E-state index is 14.0. The van der Waals surface area contributed by atoms with Gasteiger partial charge in [-0.2, -0.15) is 0 Å². The third kappa shape index (κ3) is 6.65. The lowest BCUT2D eigenvalue weighted by Gasteiger charge is -2.42. The van der Waals surface area contributed by atoms with Crippen molar-refractivity contribution < 1.29 is 17.2 Å². The van der Waals surface area contributed by atoms with Gasteiger partial charge in [0.15, 0.2) is 9.84 Å². The summed E-state index contributed by atoms with van der Waals surface area (Å²) in [5.41, 5.74) is 4.39. The molecule has 0 radical (unpaired) electrons. The van der Waals surface area contributed by atoms with E-state index in [-0.39, 0.29) is 16.5 Å². The molecule has 2 aliphatic rings. The van der Waals surface area contributed by atoms with Gasteiger partial charge in [0.25, 0.3) is 0 Å². The molecule has 4 nitrogen and oxygen atoms in total. The van der Waals surface area contributed by atoms with Crippen LogP contribution in [0.15, 0.2) is 72.3 Å². The molecule has 2 fully saturated rings. The molecule has 0 saturated carbocycles. The molecule has 0 aromatic heterocycles. The second-order valence-electron chi connectivity index (χ2n) is 11.9. The van der Waals surface area contributed by atoms with Crippen molar-refractivity contribution in [1.29, 1.82) is 0 Å². The summed E-state index contributed by atoms with van der Waals surface area (Å²) in [6.45, 7) is 8.48. The van der Waals surface area contributed by atoms with Crippen molar-refractivity contribution in [1.82, 2.24) is 9.80 Å². The van der Waals surface area contributed by atoms with Gasteiger partial charge in [0.1, 0.15) is 11.6 Å². The van der Waals surface area contributed by atoms with Crippen LogP contribution in [0.1, 0.15) is 55.0 Å². The van der Waals surface area contributed by atoms with Crippen molar-refractivity contribution in [3.05, 3.63) is 111 Å². The molecular formula is C32H35ClF2N2O2S. The first kappa shape index (κ1) is 28.9. The van der Waals surface area contributed by atoms with E-state index in [0.717, 1.165) is 55.2 Å². The van der Waals surface area contributed by atoms with E-state index in [4.69, 9.17) is 11.6 Å². The Hall–Kier alpha value is -2.58. The monoisotopic (exact) mass is 584 g/mol. The van der Waals surface area contributed by atoms with Crippen molar-refractivity contribution in [2.45, 2.75) is 39.3 Å². The Balaban J connectivity index is 1.43. The Morgan fingerprint density at radius 2 is 1.52 bits per heavy atom. The van der Waals surface area contributed by atoms with Crippen molar-refractivity contribution >= 4 is 26.3 Å². The fraction of sp³-hybridized carbons (Fsp3) is 0.375. The van der Waals surface area contributed by atoms with Gasteiger partial charge in [-0.25, -0.2) is 17.2 Å². The number of benzene rings is 3. The third-order valence-corrected chi connectivity index (χ3v) is 9.35. The van der Waals surface area contributed by atoms with Crippen molar-refractivity contribution in [3.8, 4) is 0 Å². The normalized spacial score (nSPS) is 18.8. The lowest BCUT2D eigenvalue weighted by molar-refractivity contribution is 0.111. The molecule has 2 saturated heterocycles. The lowest BCUT2D eigenvalue weighted by atomic mass is 9.84. The zero-order valence-corrected chi connectivity index (χ0v) is 24.7. The maximum absolute atomic E-state index is 14.0. The first-order chi connectivity index (χ1) is 18.9. The molecule has 2 heterocycles. The Labute approximate surface area is 241 Å². The van der Waals surface area contributed by atoms with Gasteiger partial charge in [-0.3, -0.25) is 9.80 Å². The quantitative estimate of drug-likeness (QED) is 0.297. The van der Waals surface area contributed by atoms with E-state index < -0.39 is 21.5 Å². The number of hydrogen-bond acceptors (Lipinski definition) is 4. The summed E-state index contributed by atoms with van der Waals surface area (Å²) in [6, 6.07) is 19.1. The largest absolute Gasteiger partial charge is 0.299 e. The zero-order chi connectivity index (χ0) is 28.7. The van der Waals surface area contributed by atoms with E-state index in [1.165, 1.54) is 18.4 Å². The van der Waals surface area contributed by atoms with Crippen LogP contribution in [0.25, 0.3) is 4.91 Å². The first-order valence-corrected chi connectivity index (χ1v) is 15.8. The van der Waals surface area contributed by atoms with Crippen LogP contribution in [0.4, 0.5) is 8.78 Å². The lowest BCUT2D eigenvalue weighted by Crippen LogP contribution is -2.44. The standard InChI is InChI=1S/C32H35ClF2N2O2S/c1-32(2)13-4-14-36(21-32)18-22-5-7-23(8-6-22)30(24-9-11-27(33)12-10-24)37-19-26(20-37)31(40(3,38)39)25-15-28(34)17-29(35)16-25/h5-12,15-17,30H,4,13-14,18-21H2,1-3H3/t30-/m0/s1. The Morgan fingerprint density at radius 1 is 0.950 bits per heavy atom. The predicted molar refractivity (Wildman–Crippen MR) is 158 cm³/mol. The summed E-state index contributed by atoms with van der Waals surface area (Å²) < 4.78 is 53.4. The smallest absolute Gasteiger partial charge is 0.176 e. The Morgan fingerprint density at radius 3 is 2.08 bits per heavy atom. The molecule has 0 bridgehead atoms. The minimum atomic E-state index is -3.73. The molecule has 0 N–H and O–H groups in total. The second-order valence-corrected chi connectivity index (χ2v) is 14.3. The van der Waals surface area contributed by atoms with E-state index in [2.05, 4.69) is 47.9 Å². The molecule has 0 spiro atoms. The van der Waals surface area contributed by atoms with Crippen LogP contribution in [0.3, 0.4) is 0 Å². The van der Waals surface area contributed by atoms with Crippen LogP contribution in [-0.4, -0.2) is 50.7 Å². The average Bonchev–Trinajstić information content (AvgIpc) is 2.82. The van der Waals surface area contributed by atoms with Crippen molar-refractivity contribution in [2.75, 3.05) is 32.4 Å². The van der Waals surface area contributed by atoms with E-state index in [1.807, 2.05) is 24.3 Å². The minimum absolute atomic E-state index is 0.00295. The fourth-order valence-electron chi connectivity index (χ4n) is 6.14. The minimum Gasteiger partial charge on any atom is -0.299 e. The number of piperidine rings is 1. The van der Waals surface area contributed by atoms with Crippen molar-refractivity contribution in [2.24, 2.45) is 5.41 Å². The number of hydrogen-bond donors (Lipinski definition) is 0. The summed E-state index contributed by atoms with van der Waals surface area (Å²) in [4.78, 5) is 4.68. The van der Waals surface area contributed by atoms with Crippen LogP contribution in [-0.2, 0) is 16.4 Å². The highest BCUT2D eigenvalue weighted by molar-refractivity contribution is 8.00. The SMILES string of the molecule is CC1(C)CCCN(Cc2ccc([C@@H](c3ccc(Cl)cc3)N3CC(=C(c4cc(F)cc(F)c4)S(C)(=O)=O)C3)cc2)C1. The summed E-state index contributed by atoms with van der Waals surface area (Å²) in [5.74, 6) is -1.61. The van der Waals surface area contributed by atoms with Gasteiger partial charge in [0.2, 0.25) is 0 Å². The third-order valence-electron chi connectivity index (χ3n) is 7.84. The highest BCUT2D eigenvalue weighted by atomic mass is 35.5. The van der Waals surface area contributed by atoms with Crippen LogP contribution in [0, 0.1) is 17.0 Å². The van der Waals surface area contributed by atoms with Gasteiger partial charge >= 0.3 is 0 Å². The van der Waals surface area contributed by atoms with Gasteiger partial charge in [-0.15, -0.1) is 0 Å². The van der Waals surface area contributed by atoms with Gasteiger partial charge in [-0.05, 0) is 76.9 Å². The summed E-state index contributed by atoms with van der Waals surface area (Å²) in [7, 11) is -3.73. The Kier molecular flexibility index (Phi) is 8.22. The maximum Gasteiger partial charge on any atom is 0.176 e. The fourth-order valence-corrected chi connectivity index (χ4v) is 7.46. The summed E-state index contributed by atoms with van der Waals surface area (Å²) in [6.07, 6.45) is 3.55. The molecular weight excluding hydrogens is 550 g/mol.